The van der Waals surface area contributed by atoms with Crippen molar-refractivity contribution in [2.24, 2.45) is 10.9 Å². The van der Waals surface area contributed by atoms with E-state index in [1.165, 1.54) is 25.7 Å². The molecule has 0 bridgehead atoms. The van der Waals surface area contributed by atoms with Crippen LogP contribution < -0.4 is 0 Å². The molecule has 0 aromatic carbocycles. The van der Waals surface area contributed by atoms with Crippen LogP contribution in [0, 0.1) is 5.92 Å². The molecule has 0 aromatic heterocycles. The monoisotopic (exact) mass is 254 g/mol. The van der Waals surface area contributed by atoms with Crippen LogP contribution in [-0.4, -0.2) is 34.3 Å². The second kappa shape index (κ2) is 5.42. The molecule has 1 aliphatic heterocycles. The zero-order valence-corrected chi connectivity index (χ0v) is 11.8. The number of amides is 1. The number of hydrogen-bond donors (Lipinski definition) is 0. The van der Waals surface area contributed by atoms with Gasteiger partial charge in [0, 0.05) is 18.3 Å². The Bertz CT molecular complexity index is 327. The van der Waals surface area contributed by atoms with E-state index in [1.54, 1.807) is 0 Å². The van der Waals surface area contributed by atoms with Crippen LogP contribution in [0.3, 0.4) is 0 Å². The van der Waals surface area contributed by atoms with E-state index in [2.05, 4.69) is 23.7 Å². The van der Waals surface area contributed by atoms with Gasteiger partial charge in [0.1, 0.15) is 0 Å². The number of aliphatic imine (C=N–C) groups is 1. The maximum absolute atomic E-state index is 12.1. The van der Waals surface area contributed by atoms with Crippen molar-refractivity contribution in [3.05, 3.63) is 0 Å². The van der Waals surface area contributed by atoms with E-state index < -0.39 is 0 Å². The van der Waals surface area contributed by atoms with Crippen molar-refractivity contribution in [3.8, 4) is 0 Å². The molecule has 0 aromatic rings. The predicted octanol–water partition coefficient (Wildman–Crippen LogP) is 2.90. The van der Waals surface area contributed by atoms with Crippen LogP contribution in [0.25, 0.3) is 0 Å². The molecule has 1 heterocycles. The van der Waals surface area contributed by atoms with Crippen molar-refractivity contribution < 1.29 is 4.79 Å². The van der Waals surface area contributed by atoms with Gasteiger partial charge in [-0.05, 0) is 26.7 Å². The van der Waals surface area contributed by atoms with Crippen LogP contribution in [-0.2, 0) is 4.79 Å². The van der Waals surface area contributed by atoms with Gasteiger partial charge in [0.15, 0.2) is 5.17 Å². The zero-order valence-electron chi connectivity index (χ0n) is 11.0. The SMILES string of the molecule is CC(C)N(C)C1=NC(=O)C2CCCCCC2S1. The molecule has 0 spiro atoms. The third-order valence-electron chi connectivity index (χ3n) is 3.81. The average Bonchev–Trinajstić information content (AvgIpc) is 2.53. The predicted molar refractivity (Wildman–Crippen MR) is 73.3 cm³/mol. The highest BCUT2D eigenvalue weighted by molar-refractivity contribution is 8.14. The van der Waals surface area contributed by atoms with Gasteiger partial charge in [0.05, 0.1) is 5.92 Å². The minimum Gasteiger partial charge on any atom is -0.352 e. The summed E-state index contributed by atoms with van der Waals surface area (Å²) in [4.78, 5) is 18.5. The molecule has 1 saturated carbocycles. The summed E-state index contributed by atoms with van der Waals surface area (Å²) in [7, 11) is 2.03. The molecule has 1 amide bonds. The van der Waals surface area contributed by atoms with Gasteiger partial charge in [-0.2, -0.15) is 4.99 Å². The van der Waals surface area contributed by atoms with Crippen molar-refractivity contribution in [1.29, 1.82) is 0 Å². The normalized spacial score (nSPS) is 29.6. The molecule has 4 heteroatoms. The van der Waals surface area contributed by atoms with Crippen molar-refractivity contribution in [1.82, 2.24) is 4.90 Å². The molecular formula is C13H22N2OS. The molecule has 0 N–H and O–H groups in total. The number of carbonyl (C=O) groups is 1. The van der Waals surface area contributed by atoms with Crippen molar-refractivity contribution >= 4 is 22.8 Å². The summed E-state index contributed by atoms with van der Waals surface area (Å²) in [6, 6.07) is 0.399. The molecule has 3 nitrogen and oxygen atoms in total. The van der Waals surface area contributed by atoms with Crippen LogP contribution in [0.4, 0.5) is 0 Å². The van der Waals surface area contributed by atoms with E-state index >= 15 is 0 Å². The lowest BCUT2D eigenvalue weighted by Crippen LogP contribution is -2.39. The molecule has 17 heavy (non-hydrogen) atoms. The van der Waals surface area contributed by atoms with Crippen LogP contribution in [0.15, 0.2) is 4.99 Å². The minimum atomic E-state index is 0.123. The highest BCUT2D eigenvalue weighted by Gasteiger charge is 2.36. The second-order valence-electron chi connectivity index (χ2n) is 5.34. The first kappa shape index (κ1) is 12.9. The summed E-state index contributed by atoms with van der Waals surface area (Å²) >= 11 is 1.82. The molecule has 0 saturated heterocycles. The topological polar surface area (TPSA) is 32.7 Å². The molecule has 2 unspecified atom stereocenters. The Balaban J connectivity index is 2.15. The number of thioether (sulfide) groups is 1. The lowest BCUT2D eigenvalue weighted by atomic mass is 9.99. The van der Waals surface area contributed by atoms with Crippen molar-refractivity contribution in [2.45, 2.75) is 57.2 Å². The van der Waals surface area contributed by atoms with Gasteiger partial charge < -0.3 is 4.90 Å². The van der Waals surface area contributed by atoms with Gasteiger partial charge in [-0.25, -0.2) is 0 Å². The average molecular weight is 254 g/mol. The van der Waals surface area contributed by atoms with E-state index in [4.69, 9.17) is 0 Å². The lowest BCUT2D eigenvalue weighted by Gasteiger charge is -2.32. The molecular weight excluding hydrogens is 232 g/mol. The third kappa shape index (κ3) is 2.84. The Labute approximate surface area is 108 Å². The van der Waals surface area contributed by atoms with Gasteiger partial charge in [-0.3, -0.25) is 4.79 Å². The van der Waals surface area contributed by atoms with Gasteiger partial charge in [0.2, 0.25) is 0 Å². The quantitative estimate of drug-likeness (QED) is 0.721. The Hall–Kier alpha value is -0.510. The smallest absolute Gasteiger partial charge is 0.252 e. The van der Waals surface area contributed by atoms with Crippen LogP contribution in [0.5, 0.6) is 0 Å². The summed E-state index contributed by atoms with van der Waals surface area (Å²) in [5.41, 5.74) is 0. The number of rotatable bonds is 1. The van der Waals surface area contributed by atoms with Gasteiger partial charge in [-0.1, -0.05) is 31.0 Å². The summed E-state index contributed by atoms with van der Waals surface area (Å²) in [5, 5.41) is 1.40. The van der Waals surface area contributed by atoms with Gasteiger partial charge in [-0.15, -0.1) is 0 Å². The first-order valence-electron chi connectivity index (χ1n) is 6.61. The molecule has 1 fully saturated rings. The van der Waals surface area contributed by atoms with Crippen LogP contribution in [0.1, 0.15) is 46.0 Å². The number of hydrogen-bond acceptors (Lipinski definition) is 3. The maximum Gasteiger partial charge on any atom is 0.252 e. The molecule has 1 aliphatic carbocycles. The minimum absolute atomic E-state index is 0.123. The largest absolute Gasteiger partial charge is 0.352 e. The Morgan fingerprint density at radius 2 is 2.00 bits per heavy atom. The Kier molecular flexibility index (Phi) is 4.13. The van der Waals surface area contributed by atoms with E-state index in [9.17, 15) is 4.79 Å². The van der Waals surface area contributed by atoms with Crippen molar-refractivity contribution in [2.75, 3.05) is 7.05 Å². The number of amidine groups is 1. The molecule has 2 rings (SSSR count). The molecule has 2 aliphatic rings. The standard InChI is InChI=1S/C13H22N2OS/c1-9(2)15(3)13-14-12(16)10-7-5-4-6-8-11(10)17-13/h9-11H,4-8H2,1-3H3. The van der Waals surface area contributed by atoms with Crippen LogP contribution >= 0.6 is 11.8 Å². The van der Waals surface area contributed by atoms with E-state index in [0.29, 0.717) is 11.3 Å². The Morgan fingerprint density at radius 3 is 2.71 bits per heavy atom. The highest BCUT2D eigenvalue weighted by Crippen LogP contribution is 2.37. The van der Waals surface area contributed by atoms with E-state index in [1.807, 2.05) is 18.8 Å². The molecule has 0 radical (unpaired) electrons. The van der Waals surface area contributed by atoms with Gasteiger partial charge >= 0.3 is 0 Å². The fourth-order valence-electron chi connectivity index (χ4n) is 2.42. The zero-order chi connectivity index (χ0) is 12.4. The molecule has 96 valence electrons. The fraction of sp³-hybridized carbons (Fsp3) is 0.846. The number of carbonyl (C=O) groups excluding carboxylic acids is 1. The second-order valence-corrected chi connectivity index (χ2v) is 6.54. The van der Waals surface area contributed by atoms with Crippen LogP contribution in [0.2, 0.25) is 0 Å². The Morgan fingerprint density at radius 1 is 1.29 bits per heavy atom. The van der Waals surface area contributed by atoms with Crippen molar-refractivity contribution in [3.63, 3.8) is 0 Å². The lowest BCUT2D eigenvalue weighted by molar-refractivity contribution is -0.121. The van der Waals surface area contributed by atoms with Gasteiger partial charge in [0.25, 0.3) is 5.91 Å². The summed E-state index contributed by atoms with van der Waals surface area (Å²) < 4.78 is 0. The van der Waals surface area contributed by atoms with E-state index in [0.717, 1.165) is 11.6 Å². The summed E-state index contributed by atoms with van der Waals surface area (Å²) in [5.74, 6) is 0.310. The fourth-order valence-corrected chi connectivity index (χ4v) is 3.91. The first-order valence-corrected chi connectivity index (χ1v) is 7.49. The van der Waals surface area contributed by atoms with E-state index in [-0.39, 0.29) is 11.8 Å². The third-order valence-corrected chi connectivity index (χ3v) is 5.27. The summed E-state index contributed by atoms with van der Waals surface area (Å²) in [6.07, 6.45) is 5.94. The maximum atomic E-state index is 12.1. The number of fused-ring (bicyclic) bond motifs is 1. The number of nitrogens with zero attached hydrogens (tertiary/aromatic N) is 2. The summed E-state index contributed by atoms with van der Waals surface area (Å²) in [6.45, 7) is 4.26. The highest BCUT2D eigenvalue weighted by atomic mass is 32.2. The first-order chi connectivity index (χ1) is 8.09. The molecule has 2 atom stereocenters.